The number of rotatable bonds is 11. The molecule has 11 nitrogen and oxygen atoms in total. The van der Waals surface area contributed by atoms with Gasteiger partial charge in [0.05, 0.1) is 12.9 Å². The number of nitrogens with zero attached hydrogens (tertiary/aromatic N) is 5. The molecule has 6 rings (SSSR count). The molecule has 0 spiro atoms. The van der Waals surface area contributed by atoms with E-state index in [0.29, 0.717) is 62.1 Å². The molecule has 11 heteroatoms. The zero-order chi connectivity index (χ0) is 25.7. The second-order valence-corrected chi connectivity index (χ2v) is 9.12. The molecule has 0 unspecified atom stereocenters. The van der Waals surface area contributed by atoms with Crippen molar-refractivity contribution in [2.45, 2.75) is 25.9 Å². The molecule has 0 saturated carbocycles. The number of fused-ring (bicyclic) bond motifs is 2. The number of hydrogen-bond acceptors (Lipinski definition) is 9. The molecule has 196 valence electrons. The van der Waals surface area contributed by atoms with Crippen molar-refractivity contribution >= 4 is 28.8 Å². The van der Waals surface area contributed by atoms with E-state index in [1.807, 2.05) is 58.0 Å². The lowest BCUT2D eigenvalue weighted by molar-refractivity contribution is -0.127. The van der Waals surface area contributed by atoms with Crippen LogP contribution in [0, 0.1) is 0 Å². The van der Waals surface area contributed by atoms with Gasteiger partial charge in [-0.25, -0.2) is 4.98 Å². The van der Waals surface area contributed by atoms with Crippen molar-refractivity contribution in [3.63, 3.8) is 0 Å². The normalized spacial score (nSPS) is 14.3. The van der Waals surface area contributed by atoms with E-state index in [-0.39, 0.29) is 12.7 Å². The van der Waals surface area contributed by atoms with Gasteiger partial charge in [0.15, 0.2) is 28.5 Å². The number of amides is 1. The topological polar surface area (TPSA) is 116 Å². The van der Waals surface area contributed by atoms with Crippen LogP contribution in [0.15, 0.2) is 54.9 Å². The Morgan fingerprint density at radius 2 is 1.89 bits per heavy atom. The average molecular weight is 516 g/mol. The maximum Gasteiger partial charge on any atom is 0.231 e. The maximum atomic E-state index is 12.1. The lowest BCUT2D eigenvalue weighted by atomic mass is 10.2. The molecule has 4 aromatic rings. The fourth-order valence-corrected chi connectivity index (χ4v) is 4.57. The first-order valence-electron chi connectivity index (χ1n) is 12.8. The van der Waals surface area contributed by atoms with Gasteiger partial charge in [0, 0.05) is 32.6 Å². The van der Waals surface area contributed by atoms with Crippen LogP contribution in [0.5, 0.6) is 17.2 Å². The monoisotopic (exact) mass is 515 g/mol. The SMILES string of the molecule is O=C1CCCN1CCn1cnc2c(NCCOc3ccccc3)nc(NCc3ccc4c(c3)OCO4)nc21. The lowest BCUT2D eigenvalue weighted by Gasteiger charge is -2.16. The Labute approximate surface area is 219 Å². The summed E-state index contributed by atoms with van der Waals surface area (Å²) in [6, 6.07) is 15.5. The van der Waals surface area contributed by atoms with Gasteiger partial charge < -0.3 is 34.3 Å². The van der Waals surface area contributed by atoms with Gasteiger partial charge in [0.25, 0.3) is 0 Å². The van der Waals surface area contributed by atoms with E-state index in [1.54, 1.807) is 6.33 Å². The predicted molar refractivity (Wildman–Crippen MR) is 141 cm³/mol. The Morgan fingerprint density at radius 1 is 1.00 bits per heavy atom. The fourth-order valence-electron chi connectivity index (χ4n) is 4.57. The molecule has 2 aliphatic heterocycles. The Morgan fingerprint density at radius 3 is 2.76 bits per heavy atom. The smallest absolute Gasteiger partial charge is 0.231 e. The highest BCUT2D eigenvalue weighted by Crippen LogP contribution is 2.32. The molecule has 2 N–H and O–H groups in total. The van der Waals surface area contributed by atoms with Crippen LogP contribution in [0.25, 0.3) is 11.2 Å². The Hall–Kier alpha value is -4.54. The van der Waals surface area contributed by atoms with Gasteiger partial charge >= 0.3 is 0 Å². The van der Waals surface area contributed by atoms with Crippen molar-refractivity contribution in [1.29, 1.82) is 0 Å². The second-order valence-electron chi connectivity index (χ2n) is 9.12. The largest absolute Gasteiger partial charge is 0.492 e. The van der Waals surface area contributed by atoms with Crippen molar-refractivity contribution in [3.05, 3.63) is 60.4 Å². The van der Waals surface area contributed by atoms with Gasteiger partial charge in [-0.15, -0.1) is 0 Å². The van der Waals surface area contributed by atoms with Crippen LogP contribution in [-0.4, -0.2) is 63.4 Å². The van der Waals surface area contributed by atoms with Crippen molar-refractivity contribution in [3.8, 4) is 17.2 Å². The number of aromatic nitrogens is 4. The maximum absolute atomic E-state index is 12.1. The molecule has 1 amide bonds. The molecular formula is C27H29N7O4. The minimum absolute atomic E-state index is 0.205. The second kappa shape index (κ2) is 10.8. The van der Waals surface area contributed by atoms with Crippen LogP contribution in [0.3, 0.4) is 0 Å². The van der Waals surface area contributed by atoms with E-state index in [1.165, 1.54) is 0 Å². The highest BCUT2D eigenvalue weighted by molar-refractivity contribution is 5.84. The number of hydrogen-bond donors (Lipinski definition) is 2. The third kappa shape index (κ3) is 5.26. The summed E-state index contributed by atoms with van der Waals surface area (Å²) in [5.74, 6) is 3.59. The molecule has 2 aromatic heterocycles. The summed E-state index contributed by atoms with van der Waals surface area (Å²) in [6.45, 7) is 3.79. The predicted octanol–water partition coefficient (Wildman–Crippen LogP) is 3.28. The summed E-state index contributed by atoms with van der Waals surface area (Å²) in [5.41, 5.74) is 2.39. The lowest BCUT2D eigenvalue weighted by Crippen LogP contribution is -2.28. The molecular weight excluding hydrogens is 486 g/mol. The van der Waals surface area contributed by atoms with Gasteiger partial charge in [-0.1, -0.05) is 24.3 Å². The highest BCUT2D eigenvalue weighted by Gasteiger charge is 2.21. The van der Waals surface area contributed by atoms with E-state index < -0.39 is 0 Å². The number of nitrogens with one attached hydrogen (secondary N) is 2. The molecule has 1 fully saturated rings. The van der Waals surface area contributed by atoms with Crippen molar-refractivity contribution in [2.24, 2.45) is 0 Å². The summed E-state index contributed by atoms with van der Waals surface area (Å²) in [6.07, 6.45) is 3.30. The summed E-state index contributed by atoms with van der Waals surface area (Å²) < 4.78 is 18.7. The Kier molecular flexibility index (Phi) is 6.79. The molecule has 0 bridgehead atoms. The van der Waals surface area contributed by atoms with Crippen LogP contribution in [0.4, 0.5) is 11.8 Å². The first-order chi connectivity index (χ1) is 18.7. The molecule has 2 aromatic carbocycles. The fraction of sp³-hybridized carbons (Fsp3) is 0.333. The number of likely N-dealkylation sites (tertiary alicyclic amines) is 1. The standard InChI is InChI=1S/C27H29N7O4/c35-23-7-4-11-33(23)12-13-34-17-30-24-25(28-10-14-36-20-5-2-1-3-6-20)31-27(32-26(24)34)29-16-19-8-9-21-22(15-19)38-18-37-21/h1-3,5-6,8-9,15,17H,4,7,10-14,16,18H2,(H2,28,29,31,32). The molecule has 38 heavy (non-hydrogen) atoms. The van der Waals surface area contributed by atoms with Crippen LogP contribution < -0.4 is 24.8 Å². The minimum atomic E-state index is 0.205. The van der Waals surface area contributed by atoms with E-state index >= 15 is 0 Å². The van der Waals surface area contributed by atoms with Crippen molar-refractivity contribution in [2.75, 3.05) is 43.7 Å². The molecule has 0 aliphatic carbocycles. The van der Waals surface area contributed by atoms with E-state index in [0.717, 1.165) is 35.8 Å². The van der Waals surface area contributed by atoms with E-state index in [4.69, 9.17) is 24.2 Å². The third-order valence-electron chi connectivity index (χ3n) is 6.54. The van der Waals surface area contributed by atoms with Gasteiger partial charge in [-0.2, -0.15) is 9.97 Å². The summed E-state index contributed by atoms with van der Waals surface area (Å²) in [7, 11) is 0. The van der Waals surface area contributed by atoms with Crippen LogP contribution in [0.1, 0.15) is 18.4 Å². The number of carbonyl (C=O) groups is 1. The van der Waals surface area contributed by atoms with Gasteiger partial charge in [0.2, 0.25) is 18.6 Å². The first-order valence-corrected chi connectivity index (χ1v) is 12.8. The van der Waals surface area contributed by atoms with E-state index in [2.05, 4.69) is 15.6 Å². The molecule has 2 aliphatic rings. The zero-order valence-corrected chi connectivity index (χ0v) is 20.9. The Balaban J connectivity index is 1.19. The van der Waals surface area contributed by atoms with Crippen LogP contribution >= 0.6 is 0 Å². The number of carbonyl (C=O) groups excluding carboxylic acids is 1. The zero-order valence-electron chi connectivity index (χ0n) is 20.9. The van der Waals surface area contributed by atoms with Gasteiger partial charge in [0.1, 0.15) is 12.4 Å². The first kappa shape index (κ1) is 23.8. The van der Waals surface area contributed by atoms with Crippen LogP contribution in [0.2, 0.25) is 0 Å². The van der Waals surface area contributed by atoms with Gasteiger partial charge in [-0.3, -0.25) is 4.79 Å². The quantitative estimate of drug-likeness (QED) is 0.290. The van der Waals surface area contributed by atoms with Crippen molar-refractivity contribution in [1.82, 2.24) is 24.4 Å². The number of benzene rings is 2. The molecule has 4 heterocycles. The highest BCUT2D eigenvalue weighted by atomic mass is 16.7. The molecule has 1 saturated heterocycles. The average Bonchev–Trinajstić information content (AvgIpc) is 3.69. The van der Waals surface area contributed by atoms with Crippen molar-refractivity contribution < 1.29 is 19.0 Å². The Bertz CT molecular complexity index is 1430. The number of ether oxygens (including phenoxy) is 3. The minimum Gasteiger partial charge on any atom is -0.492 e. The van der Waals surface area contributed by atoms with Crippen LogP contribution in [-0.2, 0) is 17.9 Å². The third-order valence-corrected chi connectivity index (χ3v) is 6.54. The summed E-state index contributed by atoms with van der Waals surface area (Å²) >= 11 is 0. The molecule has 0 radical (unpaired) electrons. The number of imidazole rings is 1. The number of para-hydroxylation sites is 1. The summed E-state index contributed by atoms with van der Waals surface area (Å²) in [4.78, 5) is 28.0. The van der Waals surface area contributed by atoms with Gasteiger partial charge in [-0.05, 0) is 36.2 Å². The molecule has 0 atom stereocenters. The summed E-state index contributed by atoms with van der Waals surface area (Å²) in [5, 5.41) is 6.68. The van der Waals surface area contributed by atoms with E-state index in [9.17, 15) is 4.79 Å². The number of anilines is 2.